The van der Waals surface area contributed by atoms with Gasteiger partial charge in [-0.15, -0.1) is 0 Å². The number of nitrogens with two attached hydrogens (primary N) is 2. The first kappa shape index (κ1) is 13.8. The molecule has 2 saturated heterocycles. The van der Waals surface area contributed by atoms with E-state index in [1.54, 1.807) is 0 Å². The van der Waals surface area contributed by atoms with Gasteiger partial charge in [-0.1, -0.05) is 0 Å². The molecule has 3 amide bonds. The number of carbonyl (C=O) groups is 3. The third kappa shape index (κ3) is 2.56. The molecule has 2 atom stereocenters. The zero-order valence-corrected chi connectivity index (χ0v) is 10.9. The van der Waals surface area contributed by atoms with Crippen LogP contribution in [0, 0.1) is 0 Å². The quantitative estimate of drug-likeness (QED) is 0.643. The summed E-state index contributed by atoms with van der Waals surface area (Å²) in [5.41, 5.74) is 10.7. The van der Waals surface area contributed by atoms with Crippen molar-refractivity contribution in [2.45, 2.75) is 37.8 Å². The van der Waals surface area contributed by atoms with E-state index in [9.17, 15) is 14.4 Å². The summed E-state index contributed by atoms with van der Waals surface area (Å²) < 4.78 is 0. The molecule has 0 radical (unpaired) electrons. The van der Waals surface area contributed by atoms with E-state index in [0.717, 1.165) is 12.8 Å². The highest BCUT2D eigenvalue weighted by Gasteiger charge is 2.41. The van der Waals surface area contributed by atoms with Crippen molar-refractivity contribution in [2.24, 2.45) is 11.5 Å². The van der Waals surface area contributed by atoms with Gasteiger partial charge in [-0.05, 0) is 25.7 Å². The summed E-state index contributed by atoms with van der Waals surface area (Å²) in [6.07, 6.45) is 2.80. The molecule has 19 heavy (non-hydrogen) atoms. The first-order chi connectivity index (χ1) is 9.06. The smallest absolute Gasteiger partial charge is 0.246 e. The van der Waals surface area contributed by atoms with Crippen molar-refractivity contribution in [1.29, 1.82) is 0 Å². The second-order valence-corrected chi connectivity index (χ2v) is 5.04. The van der Waals surface area contributed by atoms with E-state index in [4.69, 9.17) is 11.5 Å². The van der Waals surface area contributed by atoms with E-state index < -0.39 is 18.0 Å². The van der Waals surface area contributed by atoms with Gasteiger partial charge in [-0.25, -0.2) is 0 Å². The monoisotopic (exact) mass is 268 g/mol. The Hall–Kier alpha value is -1.63. The van der Waals surface area contributed by atoms with Gasteiger partial charge >= 0.3 is 0 Å². The number of carbonyl (C=O) groups excluding carboxylic acids is 3. The molecule has 2 aliphatic heterocycles. The fourth-order valence-corrected chi connectivity index (χ4v) is 2.96. The lowest BCUT2D eigenvalue weighted by atomic mass is 10.1. The van der Waals surface area contributed by atoms with Gasteiger partial charge in [0.05, 0.1) is 6.54 Å². The molecular formula is C12H20N4O3. The van der Waals surface area contributed by atoms with Crippen molar-refractivity contribution in [3.8, 4) is 0 Å². The van der Waals surface area contributed by atoms with Crippen molar-refractivity contribution in [2.75, 3.05) is 19.6 Å². The number of amides is 3. The molecule has 2 rings (SSSR count). The van der Waals surface area contributed by atoms with Crippen LogP contribution in [0.3, 0.4) is 0 Å². The van der Waals surface area contributed by atoms with E-state index in [1.165, 1.54) is 9.80 Å². The minimum atomic E-state index is -0.525. The lowest BCUT2D eigenvalue weighted by Crippen LogP contribution is -2.52. The second kappa shape index (κ2) is 5.56. The van der Waals surface area contributed by atoms with Crippen LogP contribution in [-0.4, -0.2) is 59.2 Å². The highest BCUT2D eigenvalue weighted by atomic mass is 16.2. The summed E-state index contributed by atoms with van der Waals surface area (Å²) in [6, 6.07) is -1.00. The summed E-state index contributed by atoms with van der Waals surface area (Å²) in [7, 11) is 0. The third-order valence-electron chi connectivity index (χ3n) is 3.90. The highest BCUT2D eigenvalue weighted by molar-refractivity contribution is 5.92. The van der Waals surface area contributed by atoms with Gasteiger partial charge in [0.2, 0.25) is 17.7 Å². The number of nitrogens with zero attached hydrogens (tertiary/aromatic N) is 2. The number of hydrogen-bond donors (Lipinski definition) is 2. The standard InChI is InChI=1S/C12H20N4O3/c13-7-10(17)15-5-2-4-9(15)12(19)16-6-1-3-8(16)11(14)18/h8-9H,1-7,13H2,(H2,14,18)/t8-,9-/m0/s1. The highest BCUT2D eigenvalue weighted by Crippen LogP contribution is 2.24. The predicted molar refractivity (Wildman–Crippen MR) is 67.7 cm³/mol. The Morgan fingerprint density at radius 1 is 1.00 bits per heavy atom. The average Bonchev–Trinajstić information content (AvgIpc) is 3.05. The lowest BCUT2D eigenvalue weighted by Gasteiger charge is -2.30. The molecule has 0 aromatic heterocycles. The summed E-state index contributed by atoms with van der Waals surface area (Å²) in [6.45, 7) is 0.998. The summed E-state index contributed by atoms with van der Waals surface area (Å²) in [5.74, 6) is -0.855. The van der Waals surface area contributed by atoms with Gasteiger partial charge in [-0.2, -0.15) is 0 Å². The fourth-order valence-electron chi connectivity index (χ4n) is 2.96. The maximum absolute atomic E-state index is 12.5. The van der Waals surface area contributed by atoms with Crippen molar-refractivity contribution < 1.29 is 14.4 Å². The van der Waals surface area contributed by atoms with Crippen LogP contribution >= 0.6 is 0 Å². The predicted octanol–water partition coefficient (Wildman–Crippen LogP) is -1.59. The van der Waals surface area contributed by atoms with Gasteiger partial charge in [0, 0.05) is 13.1 Å². The minimum Gasteiger partial charge on any atom is -0.368 e. The molecule has 2 fully saturated rings. The van der Waals surface area contributed by atoms with Gasteiger partial charge in [0.25, 0.3) is 0 Å². The first-order valence-corrected chi connectivity index (χ1v) is 6.65. The van der Waals surface area contributed by atoms with Crippen LogP contribution in [0.5, 0.6) is 0 Å². The van der Waals surface area contributed by atoms with Crippen molar-refractivity contribution in [3.05, 3.63) is 0 Å². The van der Waals surface area contributed by atoms with Crippen LogP contribution in [0.4, 0.5) is 0 Å². The van der Waals surface area contributed by atoms with Crippen LogP contribution in [-0.2, 0) is 14.4 Å². The maximum atomic E-state index is 12.5. The Labute approximate surface area is 111 Å². The molecule has 106 valence electrons. The van der Waals surface area contributed by atoms with Crippen LogP contribution in [0.2, 0.25) is 0 Å². The molecule has 0 unspecified atom stereocenters. The zero-order valence-electron chi connectivity index (χ0n) is 10.9. The van der Waals surface area contributed by atoms with Crippen LogP contribution in [0.15, 0.2) is 0 Å². The average molecular weight is 268 g/mol. The van der Waals surface area contributed by atoms with Crippen molar-refractivity contribution in [3.63, 3.8) is 0 Å². The van der Waals surface area contributed by atoms with Gasteiger partial charge in [0.15, 0.2) is 0 Å². The first-order valence-electron chi connectivity index (χ1n) is 6.65. The zero-order chi connectivity index (χ0) is 14.0. The largest absolute Gasteiger partial charge is 0.368 e. The fraction of sp³-hybridized carbons (Fsp3) is 0.750. The Kier molecular flexibility index (Phi) is 4.04. The molecule has 0 aromatic rings. The van der Waals surface area contributed by atoms with E-state index in [2.05, 4.69) is 0 Å². The van der Waals surface area contributed by atoms with E-state index in [-0.39, 0.29) is 18.4 Å². The van der Waals surface area contributed by atoms with E-state index >= 15 is 0 Å². The number of likely N-dealkylation sites (tertiary alicyclic amines) is 2. The third-order valence-corrected chi connectivity index (χ3v) is 3.90. The molecule has 0 aliphatic carbocycles. The Balaban J connectivity index is 2.10. The molecule has 7 heteroatoms. The Bertz CT molecular complexity index is 398. The topological polar surface area (TPSA) is 110 Å². The minimum absolute atomic E-state index is 0.0942. The van der Waals surface area contributed by atoms with Crippen molar-refractivity contribution in [1.82, 2.24) is 9.80 Å². The molecule has 2 heterocycles. The SMILES string of the molecule is NCC(=O)N1CCC[C@H]1C(=O)N1CCC[C@H]1C(N)=O. The Morgan fingerprint density at radius 2 is 1.58 bits per heavy atom. The van der Waals surface area contributed by atoms with Gasteiger partial charge in [-0.3, -0.25) is 14.4 Å². The number of primary amides is 1. The number of hydrogen-bond acceptors (Lipinski definition) is 4. The molecule has 0 bridgehead atoms. The normalized spacial score (nSPS) is 26.8. The van der Waals surface area contributed by atoms with Gasteiger partial charge < -0.3 is 21.3 Å². The number of rotatable bonds is 3. The summed E-state index contributed by atoms with van der Waals surface area (Å²) >= 11 is 0. The summed E-state index contributed by atoms with van der Waals surface area (Å²) in [4.78, 5) is 38.6. The van der Waals surface area contributed by atoms with Crippen LogP contribution < -0.4 is 11.5 Å². The molecule has 0 aromatic carbocycles. The maximum Gasteiger partial charge on any atom is 0.246 e. The Morgan fingerprint density at radius 3 is 2.16 bits per heavy atom. The molecule has 7 nitrogen and oxygen atoms in total. The van der Waals surface area contributed by atoms with Crippen LogP contribution in [0.1, 0.15) is 25.7 Å². The van der Waals surface area contributed by atoms with Gasteiger partial charge in [0.1, 0.15) is 12.1 Å². The molecular weight excluding hydrogens is 248 g/mol. The lowest BCUT2D eigenvalue weighted by molar-refractivity contribution is -0.145. The molecule has 0 saturated carbocycles. The molecule has 0 spiro atoms. The second-order valence-electron chi connectivity index (χ2n) is 5.04. The summed E-state index contributed by atoms with van der Waals surface area (Å²) in [5, 5.41) is 0. The van der Waals surface area contributed by atoms with Crippen LogP contribution in [0.25, 0.3) is 0 Å². The molecule has 4 N–H and O–H groups in total. The van der Waals surface area contributed by atoms with E-state index in [1.807, 2.05) is 0 Å². The van der Waals surface area contributed by atoms with Crippen molar-refractivity contribution >= 4 is 17.7 Å². The van der Waals surface area contributed by atoms with E-state index in [0.29, 0.717) is 25.9 Å². The molecule has 2 aliphatic rings.